The average Bonchev–Trinajstić information content (AvgIpc) is 2.29. The highest BCUT2D eigenvalue weighted by Gasteiger charge is 2.24. The highest BCUT2D eigenvalue weighted by Crippen LogP contribution is 2.31. The summed E-state index contributed by atoms with van der Waals surface area (Å²) in [5.41, 5.74) is 0. The molecule has 1 N–H and O–H groups in total. The molecular formula is C15H31N. The second-order valence-electron chi connectivity index (χ2n) is 5.68. The number of unbranched alkanes of at least 4 members (excludes halogenated alkanes) is 2. The smallest absolute Gasteiger partial charge is 0.00952 e. The standard InChI is InChI=1S/C15H31N/c1-4-6-7-8-15(16-5-2)14-11-9-13(3)10-12-14/h13-16H,4-12H2,1-3H3. The van der Waals surface area contributed by atoms with Crippen LogP contribution in [0.25, 0.3) is 0 Å². The van der Waals surface area contributed by atoms with Crippen LogP contribution in [0, 0.1) is 11.8 Å². The summed E-state index contributed by atoms with van der Waals surface area (Å²) in [5.74, 6) is 1.95. The van der Waals surface area contributed by atoms with Gasteiger partial charge in [0.2, 0.25) is 0 Å². The third-order valence-electron chi connectivity index (χ3n) is 4.21. The third-order valence-corrected chi connectivity index (χ3v) is 4.21. The SMILES string of the molecule is CCCCCC(NCC)C1CCC(C)CC1. The summed E-state index contributed by atoms with van der Waals surface area (Å²) in [6.07, 6.45) is 11.4. The molecule has 0 aliphatic heterocycles. The molecule has 0 spiro atoms. The zero-order chi connectivity index (χ0) is 11.8. The van der Waals surface area contributed by atoms with Gasteiger partial charge >= 0.3 is 0 Å². The van der Waals surface area contributed by atoms with E-state index in [2.05, 4.69) is 26.1 Å². The first-order valence-electron chi connectivity index (χ1n) is 7.51. The summed E-state index contributed by atoms with van der Waals surface area (Å²) >= 11 is 0. The lowest BCUT2D eigenvalue weighted by Gasteiger charge is -2.33. The van der Waals surface area contributed by atoms with Crippen LogP contribution in [0.2, 0.25) is 0 Å². The first-order chi connectivity index (χ1) is 7.77. The van der Waals surface area contributed by atoms with E-state index in [4.69, 9.17) is 0 Å². The summed E-state index contributed by atoms with van der Waals surface area (Å²) in [6.45, 7) is 8.10. The maximum atomic E-state index is 3.73. The van der Waals surface area contributed by atoms with Crippen molar-refractivity contribution < 1.29 is 0 Å². The van der Waals surface area contributed by atoms with Gasteiger partial charge < -0.3 is 5.32 Å². The molecule has 1 nitrogen and oxygen atoms in total. The molecule has 1 fully saturated rings. The molecular weight excluding hydrogens is 194 g/mol. The maximum absolute atomic E-state index is 3.73. The van der Waals surface area contributed by atoms with Crippen LogP contribution < -0.4 is 5.32 Å². The first kappa shape index (κ1) is 14.0. The van der Waals surface area contributed by atoms with E-state index in [1.54, 1.807) is 0 Å². The second kappa shape index (κ2) is 8.11. The molecule has 0 aromatic carbocycles. The van der Waals surface area contributed by atoms with Crippen molar-refractivity contribution in [3.8, 4) is 0 Å². The van der Waals surface area contributed by atoms with E-state index >= 15 is 0 Å². The fraction of sp³-hybridized carbons (Fsp3) is 1.00. The molecule has 1 saturated carbocycles. The van der Waals surface area contributed by atoms with Crippen molar-refractivity contribution in [2.75, 3.05) is 6.54 Å². The van der Waals surface area contributed by atoms with Gasteiger partial charge in [-0.1, -0.05) is 52.9 Å². The van der Waals surface area contributed by atoms with E-state index in [1.807, 2.05) is 0 Å². The molecule has 0 aromatic rings. The van der Waals surface area contributed by atoms with E-state index in [9.17, 15) is 0 Å². The molecule has 0 aromatic heterocycles. The molecule has 0 amide bonds. The Bertz CT molecular complexity index is 159. The van der Waals surface area contributed by atoms with Crippen LogP contribution in [0.15, 0.2) is 0 Å². The third kappa shape index (κ3) is 4.86. The van der Waals surface area contributed by atoms with Gasteiger partial charge in [0.15, 0.2) is 0 Å². The zero-order valence-corrected chi connectivity index (χ0v) is 11.6. The first-order valence-corrected chi connectivity index (χ1v) is 7.51. The van der Waals surface area contributed by atoms with Gasteiger partial charge in [0.05, 0.1) is 0 Å². The van der Waals surface area contributed by atoms with Crippen molar-refractivity contribution in [1.29, 1.82) is 0 Å². The Balaban J connectivity index is 2.30. The molecule has 1 aliphatic carbocycles. The van der Waals surface area contributed by atoms with Gasteiger partial charge in [0, 0.05) is 6.04 Å². The molecule has 96 valence electrons. The maximum Gasteiger partial charge on any atom is 0.00952 e. The van der Waals surface area contributed by atoms with E-state index in [-0.39, 0.29) is 0 Å². The molecule has 0 radical (unpaired) electrons. The number of hydrogen-bond donors (Lipinski definition) is 1. The van der Waals surface area contributed by atoms with Crippen molar-refractivity contribution in [3.63, 3.8) is 0 Å². The summed E-state index contributed by atoms with van der Waals surface area (Å²) in [7, 11) is 0. The fourth-order valence-electron chi connectivity index (χ4n) is 3.07. The quantitative estimate of drug-likeness (QED) is 0.634. The molecule has 1 rings (SSSR count). The monoisotopic (exact) mass is 225 g/mol. The highest BCUT2D eigenvalue weighted by molar-refractivity contribution is 4.80. The largest absolute Gasteiger partial charge is 0.314 e. The Morgan fingerprint density at radius 2 is 1.75 bits per heavy atom. The van der Waals surface area contributed by atoms with Crippen LogP contribution in [0.4, 0.5) is 0 Å². The van der Waals surface area contributed by atoms with Crippen LogP contribution in [-0.2, 0) is 0 Å². The minimum absolute atomic E-state index is 0.809. The van der Waals surface area contributed by atoms with Crippen LogP contribution in [0.3, 0.4) is 0 Å². The lowest BCUT2D eigenvalue weighted by molar-refractivity contribution is 0.221. The van der Waals surface area contributed by atoms with E-state index in [0.29, 0.717) is 0 Å². The minimum Gasteiger partial charge on any atom is -0.314 e. The van der Waals surface area contributed by atoms with E-state index in [1.165, 1.54) is 51.4 Å². The normalized spacial score (nSPS) is 27.9. The Morgan fingerprint density at radius 1 is 1.06 bits per heavy atom. The Hall–Kier alpha value is -0.0400. The number of rotatable bonds is 7. The van der Waals surface area contributed by atoms with Crippen molar-refractivity contribution >= 4 is 0 Å². The molecule has 0 saturated heterocycles. The lowest BCUT2D eigenvalue weighted by atomic mass is 9.78. The van der Waals surface area contributed by atoms with Crippen LogP contribution in [0.1, 0.15) is 72.1 Å². The van der Waals surface area contributed by atoms with Gasteiger partial charge in [-0.2, -0.15) is 0 Å². The van der Waals surface area contributed by atoms with Gasteiger partial charge in [-0.25, -0.2) is 0 Å². The Kier molecular flexibility index (Phi) is 7.11. The van der Waals surface area contributed by atoms with E-state index < -0.39 is 0 Å². The molecule has 1 heteroatoms. The number of hydrogen-bond acceptors (Lipinski definition) is 1. The second-order valence-corrected chi connectivity index (χ2v) is 5.68. The summed E-state index contributed by atoms with van der Waals surface area (Å²) in [4.78, 5) is 0. The molecule has 16 heavy (non-hydrogen) atoms. The number of nitrogens with one attached hydrogen (secondary N) is 1. The van der Waals surface area contributed by atoms with E-state index in [0.717, 1.165) is 24.4 Å². The predicted molar refractivity (Wildman–Crippen MR) is 72.7 cm³/mol. The Morgan fingerprint density at radius 3 is 2.31 bits per heavy atom. The van der Waals surface area contributed by atoms with Crippen molar-refractivity contribution in [2.45, 2.75) is 78.2 Å². The summed E-state index contributed by atoms with van der Waals surface area (Å²) in [5, 5.41) is 3.73. The molecule has 1 aliphatic rings. The average molecular weight is 225 g/mol. The molecule has 1 atom stereocenters. The zero-order valence-electron chi connectivity index (χ0n) is 11.6. The summed E-state index contributed by atoms with van der Waals surface area (Å²) in [6, 6.07) is 0.809. The van der Waals surface area contributed by atoms with Crippen LogP contribution in [0.5, 0.6) is 0 Å². The van der Waals surface area contributed by atoms with Gasteiger partial charge in [-0.05, 0) is 37.6 Å². The molecule has 0 bridgehead atoms. The van der Waals surface area contributed by atoms with Gasteiger partial charge in [0.25, 0.3) is 0 Å². The van der Waals surface area contributed by atoms with Crippen LogP contribution >= 0.6 is 0 Å². The minimum atomic E-state index is 0.809. The lowest BCUT2D eigenvalue weighted by Crippen LogP contribution is -2.37. The Labute approximate surface area is 102 Å². The fourth-order valence-corrected chi connectivity index (χ4v) is 3.07. The predicted octanol–water partition coefficient (Wildman–Crippen LogP) is 4.37. The van der Waals surface area contributed by atoms with Crippen LogP contribution in [-0.4, -0.2) is 12.6 Å². The van der Waals surface area contributed by atoms with Gasteiger partial charge in [-0.3, -0.25) is 0 Å². The molecule has 1 unspecified atom stereocenters. The topological polar surface area (TPSA) is 12.0 Å². The molecule has 0 heterocycles. The summed E-state index contributed by atoms with van der Waals surface area (Å²) < 4.78 is 0. The highest BCUT2D eigenvalue weighted by atomic mass is 14.9. The van der Waals surface area contributed by atoms with Gasteiger partial charge in [0.1, 0.15) is 0 Å². The van der Waals surface area contributed by atoms with Crippen molar-refractivity contribution in [3.05, 3.63) is 0 Å². The van der Waals surface area contributed by atoms with Crippen molar-refractivity contribution in [1.82, 2.24) is 5.32 Å². The van der Waals surface area contributed by atoms with Crippen molar-refractivity contribution in [2.24, 2.45) is 11.8 Å². The van der Waals surface area contributed by atoms with Gasteiger partial charge in [-0.15, -0.1) is 0 Å².